The zero-order valence-electron chi connectivity index (χ0n) is 12.0. The first kappa shape index (κ1) is 15.9. The fourth-order valence-corrected chi connectivity index (χ4v) is 1.80. The number of hydrogen-bond donors (Lipinski definition) is 1. The Balaban J connectivity index is 2.46. The number of aromatic nitrogens is 1. The van der Waals surface area contributed by atoms with Crippen LogP contribution in [0.5, 0.6) is 0 Å². The molecule has 1 N–H and O–H groups in total. The van der Waals surface area contributed by atoms with Crippen LogP contribution in [-0.4, -0.2) is 58.6 Å². The quantitative estimate of drug-likeness (QED) is 0.820. The minimum absolute atomic E-state index is 0.0300. The van der Waals surface area contributed by atoms with Crippen LogP contribution in [0.4, 0.5) is 4.79 Å². The van der Waals surface area contributed by atoms with E-state index < -0.39 is 5.97 Å². The highest BCUT2D eigenvalue weighted by Gasteiger charge is 2.16. The molecule has 0 atom stereocenters. The molecular formula is C14H21N3O3. The first-order chi connectivity index (χ1) is 9.54. The first-order valence-corrected chi connectivity index (χ1v) is 6.65. The smallest absolute Gasteiger partial charge is 0.319 e. The number of nitrogens with zero attached hydrogens (tertiary/aromatic N) is 3. The Kier molecular flexibility index (Phi) is 6.49. The first-order valence-electron chi connectivity index (χ1n) is 6.65. The monoisotopic (exact) mass is 279 g/mol. The molecule has 0 radical (unpaired) electrons. The molecule has 110 valence electrons. The molecule has 20 heavy (non-hydrogen) atoms. The van der Waals surface area contributed by atoms with Gasteiger partial charge in [0, 0.05) is 39.1 Å². The molecule has 0 aliphatic rings. The molecule has 0 saturated carbocycles. The maximum atomic E-state index is 12.2. The van der Waals surface area contributed by atoms with Crippen molar-refractivity contribution in [3.05, 3.63) is 30.1 Å². The summed E-state index contributed by atoms with van der Waals surface area (Å²) in [5.41, 5.74) is 1.12. The van der Waals surface area contributed by atoms with Gasteiger partial charge in [0.2, 0.25) is 0 Å². The standard InChI is InChI=1S/C14H21N3O3/c1-3-17(11-7-13(18)19)14(20)16(2)10-6-12-4-8-15-9-5-12/h4-5,8-9H,3,6-7,10-11H2,1-2H3,(H,18,19). The van der Waals surface area contributed by atoms with Crippen molar-refractivity contribution in [1.82, 2.24) is 14.8 Å². The van der Waals surface area contributed by atoms with E-state index in [0.29, 0.717) is 13.1 Å². The van der Waals surface area contributed by atoms with Crippen LogP contribution in [0.15, 0.2) is 24.5 Å². The van der Waals surface area contributed by atoms with Crippen LogP contribution >= 0.6 is 0 Å². The van der Waals surface area contributed by atoms with E-state index in [1.807, 2.05) is 19.1 Å². The Morgan fingerprint density at radius 2 is 1.90 bits per heavy atom. The van der Waals surface area contributed by atoms with Gasteiger partial charge in [-0.1, -0.05) is 0 Å². The summed E-state index contributed by atoms with van der Waals surface area (Å²) in [7, 11) is 1.73. The topological polar surface area (TPSA) is 73.7 Å². The fraction of sp³-hybridized carbons (Fsp3) is 0.500. The van der Waals surface area contributed by atoms with Gasteiger partial charge in [0.25, 0.3) is 0 Å². The molecule has 0 aliphatic carbocycles. The molecule has 6 nitrogen and oxygen atoms in total. The molecule has 1 aromatic rings. The van der Waals surface area contributed by atoms with Gasteiger partial charge >= 0.3 is 12.0 Å². The van der Waals surface area contributed by atoms with Gasteiger partial charge in [-0.05, 0) is 31.0 Å². The van der Waals surface area contributed by atoms with E-state index in [1.54, 1.807) is 29.2 Å². The molecule has 0 aliphatic heterocycles. The molecule has 0 bridgehead atoms. The number of urea groups is 1. The Morgan fingerprint density at radius 3 is 2.45 bits per heavy atom. The van der Waals surface area contributed by atoms with Crippen LogP contribution < -0.4 is 0 Å². The van der Waals surface area contributed by atoms with Crippen molar-refractivity contribution in [2.24, 2.45) is 0 Å². The molecule has 6 heteroatoms. The molecule has 0 fully saturated rings. The number of carboxylic acid groups (broad SMARTS) is 1. The summed E-state index contributed by atoms with van der Waals surface area (Å²) >= 11 is 0. The van der Waals surface area contributed by atoms with E-state index in [4.69, 9.17) is 5.11 Å². The summed E-state index contributed by atoms with van der Waals surface area (Å²) in [4.78, 5) is 29.8. The van der Waals surface area contributed by atoms with Crippen LogP contribution in [0.3, 0.4) is 0 Å². The minimum Gasteiger partial charge on any atom is -0.481 e. The van der Waals surface area contributed by atoms with Crippen molar-refractivity contribution in [3.63, 3.8) is 0 Å². The van der Waals surface area contributed by atoms with Gasteiger partial charge in [-0.3, -0.25) is 9.78 Å². The summed E-state index contributed by atoms with van der Waals surface area (Å²) in [5, 5.41) is 8.67. The maximum absolute atomic E-state index is 12.2. The SMILES string of the molecule is CCN(CCC(=O)O)C(=O)N(C)CCc1ccncc1. The second-order valence-corrected chi connectivity index (χ2v) is 4.53. The number of amides is 2. The van der Waals surface area contributed by atoms with Crippen LogP contribution in [0.1, 0.15) is 18.9 Å². The van der Waals surface area contributed by atoms with Gasteiger partial charge in [0.15, 0.2) is 0 Å². The Bertz CT molecular complexity index is 437. The third-order valence-electron chi connectivity index (χ3n) is 3.06. The van der Waals surface area contributed by atoms with Gasteiger partial charge in [0.05, 0.1) is 6.42 Å². The summed E-state index contributed by atoms with van der Waals surface area (Å²) in [6.45, 7) is 3.18. The van der Waals surface area contributed by atoms with E-state index in [0.717, 1.165) is 12.0 Å². The van der Waals surface area contributed by atoms with E-state index in [9.17, 15) is 9.59 Å². The van der Waals surface area contributed by atoms with Gasteiger partial charge < -0.3 is 14.9 Å². The number of aliphatic carboxylic acids is 1. The van der Waals surface area contributed by atoms with Gasteiger partial charge in [-0.15, -0.1) is 0 Å². The molecule has 0 unspecified atom stereocenters. The van der Waals surface area contributed by atoms with Crippen molar-refractivity contribution in [1.29, 1.82) is 0 Å². The lowest BCUT2D eigenvalue weighted by atomic mass is 10.2. The number of carbonyl (C=O) groups is 2. The van der Waals surface area contributed by atoms with E-state index in [2.05, 4.69) is 4.98 Å². The molecule has 0 spiro atoms. The Morgan fingerprint density at radius 1 is 1.25 bits per heavy atom. The average Bonchev–Trinajstić information content (AvgIpc) is 2.46. The van der Waals surface area contributed by atoms with E-state index >= 15 is 0 Å². The van der Waals surface area contributed by atoms with Crippen LogP contribution in [0, 0.1) is 0 Å². The molecule has 1 aromatic heterocycles. The van der Waals surface area contributed by atoms with Gasteiger partial charge in [0.1, 0.15) is 0 Å². The number of likely N-dealkylation sites (N-methyl/N-ethyl adjacent to an activating group) is 1. The second kappa shape index (κ2) is 8.14. The van der Waals surface area contributed by atoms with Crippen LogP contribution in [-0.2, 0) is 11.2 Å². The van der Waals surface area contributed by atoms with Gasteiger partial charge in [-0.2, -0.15) is 0 Å². The number of carboxylic acids is 1. The van der Waals surface area contributed by atoms with Crippen LogP contribution in [0.25, 0.3) is 0 Å². The zero-order valence-corrected chi connectivity index (χ0v) is 12.0. The molecule has 2 amide bonds. The van der Waals surface area contributed by atoms with Gasteiger partial charge in [-0.25, -0.2) is 4.79 Å². The van der Waals surface area contributed by atoms with Crippen molar-refractivity contribution in [2.45, 2.75) is 19.8 Å². The summed E-state index contributed by atoms with van der Waals surface area (Å²) in [6.07, 6.45) is 4.17. The minimum atomic E-state index is -0.893. The van der Waals surface area contributed by atoms with Crippen molar-refractivity contribution in [3.8, 4) is 0 Å². The third kappa shape index (κ3) is 5.26. The summed E-state index contributed by atoms with van der Waals surface area (Å²) in [6, 6.07) is 3.70. The lowest BCUT2D eigenvalue weighted by Gasteiger charge is -2.26. The Labute approximate surface area is 119 Å². The van der Waals surface area contributed by atoms with Crippen molar-refractivity contribution < 1.29 is 14.7 Å². The zero-order chi connectivity index (χ0) is 15.0. The number of rotatable bonds is 7. The number of hydrogen-bond acceptors (Lipinski definition) is 3. The molecule has 0 saturated heterocycles. The predicted octanol–water partition coefficient (Wildman–Crippen LogP) is 1.47. The summed E-state index contributed by atoms with van der Waals surface area (Å²) < 4.78 is 0. The lowest BCUT2D eigenvalue weighted by Crippen LogP contribution is -2.42. The van der Waals surface area contributed by atoms with E-state index in [-0.39, 0.29) is 19.0 Å². The number of pyridine rings is 1. The normalized spacial score (nSPS) is 10.1. The highest BCUT2D eigenvalue weighted by atomic mass is 16.4. The molecule has 1 heterocycles. The fourth-order valence-electron chi connectivity index (χ4n) is 1.80. The number of carbonyl (C=O) groups excluding carboxylic acids is 1. The Hall–Kier alpha value is -2.11. The highest BCUT2D eigenvalue weighted by molar-refractivity contribution is 5.75. The molecule has 0 aromatic carbocycles. The largest absolute Gasteiger partial charge is 0.481 e. The van der Waals surface area contributed by atoms with Crippen molar-refractivity contribution in [2.75, 3.05) is 26.7 Å². The molecular weight excluding hydrogens is 258 g/mol. The summed E-state index contributed by atoms with van der Waals surface area (Å²) in [5.74, 6) is -0.893. The average molecular weight is 279 g/mol. The third-order valence-corrected chi connectivity index (χ3v) is 3.06. The maximum Gasteiger partial charge on any atom is 0.319 e. The van der Waals surface area contributed by atoms with Crippen LogP contribution in [0.2, 0.25) is 0 Å². The molecule has 1 rings (SSSR count). The van der Waals surface area contributed by atoms with E-state index in [1.165, 1.54) is 0 Å². The lowest BCUT2D eigenvalue weighted by molar-refractivity contribution is -0.137. The second-order valence-electron chi connectivity index (χ2n) is 4.53. The van der Waals surface area contributed by atoms with Crippen molar-refractivity contribution >= 4 is 12.0 Å². The highest BCUT2D eigenvalue weighted by Crippen LogP contribution is 2.03. The predicted molar refractivity (Wildman–Crippen MR) is 75.5 cm³/mol.